The van der Waals surface area contributed by atoms with Crippen molar-refractivity contribution in [2.75, 3.05) is 30.1 Å². The number of anilines is 2. The third-order valence-corrected chi connectivity index (χ3v) is 8.08. The first-order chi connectivity index (χ1) is 15.6. The van der Waals surface area contributed by atoms with Crippen molar-refractivity contribution in [3.05, 3.63) is 46.9 Å². The second kappa shape index (κ2) is 8.53. The van der Waals surface area contributed by atoms with Crippen molar-refractivity contribution >= 4 is 32.2 Å². The molecule has 2 N–H and O–H groups in total. The van der Waals surface area contributed by atoms with Gasteiger partial charge in [0.2, 0.25) is 0 Å². The molecular weight excluding hydrogens is 444 g/mol. The van der Waals surface area contributed by atoms with Gasteiger partial charge in [-0.3, -0.25) is 9.80 Å². The molecule has 0 amide bonds. The summed E-state index contributed by atoms with van der Waals surface area (Å²) in [5, 5.41) is 19.5. The number of rotatable bonds is 4. The Balaban J connectivity index is 1.74. The van der Waals surface area contributed by atoms with Crippen LogP contribution in [0.2, 0.25) is 0 Å². The molecule has 4 rings (SSSR count). The van der Waals surface area contributed by atoms with Gasteiger partial charge in [-0.25, -0.2) is 8.42 Å². The normalized spacial score (nSPS) is 17.5. The molecule has 33 heavy (non-hydrogen) atoms. The molecule has 1 aliphatic rings. The van der Waals surface area contributed by atoms with Crippen LogP contribution in [0.1, 0.15) is 27.2 Å². The Morgan fingerprint density at radius 2 is 1.94 bits per heavy atom. The van der Waals surface area contributed by atoms with Crippen molar-refractivity contribution in [2.45, 2.75) is 42.9 Å². The van der Waals surface area contributed by atoms with Gasteiger partial charge in [0.1, 0.15) is 16.9 Å². The van der Waals surface area contributed by atoms with Crippen LogP contribution in [0.15, 0.2) is 46.2 Å². The number of nitrogens with one attached hydrogen (secondary N) is 2. The number of H-pyrrole nitrogens is 1. The summed E-state index contributed by atoms with van der Waals surface area (Å²) < 4.78 is 30.0. The van der Waals surface area contributed by atoms with Gasteiger partial charge in [0.25, 0.3) is 5.56 Å². The van der Waals surface area contributed by atoms with Crippen LogP contribution >= 0.6 is 0 Å². The fraction of sp³-hybridized carbons (Fsp3) is 0.409. The Hall–Kier alpha value is -3.36. The van der Waals surface area contributed by atoms with Crippen LogP contribution in [0.25, 0.3) is 10.9 Å². The summed E-state index contributed by atoms with van der Waals surface area (Å²) in [5.74, 6) is 0.306. The van der Waals surface area contributed by atoms with Crippen LogP contribution in [0.3, 0.4) is 0 Å². The minimum atomic E-state index is -3.48. The number of fused-ring (bicyclic) bond motifs is 1. The molecule has 0 unspecified atom stereocenters. The highest BCUT2D eigenvalue weighted by atomic mass is 32.2. The minimum Gasteiger partial charge on any atom is -0.379 e. The molecule has 174 valence electrons. The summed E-state index contributed by atoms with van der Waals surface area (Å²) in [6, 6.07) is 9.90. The largest absolute Gasteiger partial charge is 0.379 e. The van der Waals surface area contributed by atoms with Crippen molar-refractivity contribution in [3.8, 4) is 6.07 Å². The van der Waals surface area contributed by atoms with E-state index in [2.05, 4.69) is 21.5 Å². The molecule has 1 fully saturated rings. The lowest BCUT2D eigenvalue weighted by Gasteiger charge is -2.26. The Kier molecular flexibility index (Phi) is 5.90. The molecule has 0 spiro atoms. The number of aromatic amines is 1. The Labute approximate surface area is 191 Å². The predicted octanol–water partition coefficient (Wildman–Crippen LogP) is 2.29. The van der Waals surface area contributed by atoms with E-state index < -0.39 is 20.6 Å². The quantitative estimate of drug-likeness (QED) is 0.593. The average molecular weight is 471 g/mol. The van der Waals surface area contributed by atoms with Crippen molar-refractivity contribution in [1.82, 2.24) is 14.9 Å². The molecule has 10 nitrogen and oxygen atoms in total. The molecule has 0 radical (unpaired) electrons. The summed E-state index contributed by atoms with van der Waals surface area (Å²) in [7, 11) is -3.48. The van der Waals surface area contributed by atoms with Gasteiger partial charge in [-0.15, -0.1) is 5.10 Å². The van der Waals surface area contributed by atoms with Crippen LogP contribution in [0, 0.1) is 11.3 Å². The number of benzene rings is 1. The highest BCUT2D eigenvalue weighted by Crippen LogP contribution is 2.28. The molecule has 0 saturated carbocycles. The number of hydrogen-bond donors (Lipinski definition) is 2. The van der Waals surface area contributed by atoms with Crippen molar-refractivity contribution in [2.24, 2.45) is 0 Å². The van der Waals surface area contributed by atoms with E-state index in [1.807, 2.05) is 0 Å². The highest BCUT2D eigenvalue weighted by Gasteiger charge is 2.31. The van der Waals surface area contributed by atoms with Crippen molar-refractivity contribution in [3.63, 3.8) is 0 Å². The SMILES string of the molecule is CC(C)(C)S(=O)(=O)c1ccc(Nc2nn(N3CCOCC[C@@H]3C#N)c3cc[nH]c(=O)c23)cc1. The number of ether oxygens (including phenoxy) is 1. The Bertz CT molecular complexity index is 1360. The van der Waals surface area contributed by atoms with Crippen LogP contribution in [0.4, 0.5) is 11.5 Å². The number of pyridine rings is 1. The van der Waals surface area contributed by atoms with E-state index in [1.54, 1.807) is 48.8 Å². The smallest absolute Gasteiger partial charge is 0.261 e. The monoisotopic (exact) mass is 470 g/mol. The first-order valence-electron chi connectivity index (χ1n) is 10.6. The van der Waals surface area contributed by atoms with E-state index in [9.17, 15) is 18.5 Å². The zero-order valence-electron chi connectivity index (χ0n) is 18.7. The van der Waals surface area contributed by atoms with Gasteiger partial charge in [-0.05, 0) is 51.1 Å². The number of aromatic nitrogens is 3. The fourth-order valence-corrected chi connectivity index (χ4v) is 4.87. The number of sulfone groups is 1. The lowest BCUT2D eigenvalue weighted by molar-refractivity contribution is 0.150. The zero-order valence-corrected chi connectivity index (χ0v) is 19.5. The molecule has 1 aliphatic heterocycles. The first-order valence-corrected chi connectivity index (χ1v) is 12.1. The van der Waals surface area contributed by atoms with Gasteiger partial charge in [0.05, 0.1) is 28.9 Å². The molecule has 1 aromatic carbocycles. The minimum absolute atomic E-state index is 0.218. The maximum atomic E-state index is 12.7. The molecule has 0 bridgehead atoms. The topological polar surface area (TPSA) is 133 Å². The van der Waals surface area contributed by atoms with Crippen LogP contribution < -0.4 is 15.9 Å². The number of hydrogen-bond acceptors (Lipinski definition) is 8. The summed E-state index contributed by atoms with van der Waals surface area (Å²) >= 11 is 0. The summed E-state index contributed by atoms with van der Waals surface area (Å²) in [4.78, 5) is 17.1. The zero-order chi connectivity index (χ0) is 23.8. The van der Waals surface area contributed by atoms with E-state index in [0.717, 1.165) is 0 Å². The third kappa shape index (κ3) is 4.19. The summed E-state index contributed by atoms with van der Waals surface area (Å²) in [6.07, 6.45) is 2.06. The molecule has 1 saturated heterocycles. The van der Waals surface area contributed by atoms with Gasteiger partial charge in [-0.2, -0.15) is 10.1 Å². The van der Waals surface area contributed by atoms with Gasteiger partial charge in [-0.1, -0.05) is 0 Å². The molecular formula is C22H26N6O4S. The second-order valence-corrected chi connectivity index (χ2v) is 11.5. The van der Waals surface area contributed by atoms with Crippen LogP contribution in [-0.2, 0) is 14.6 Å². The summed E-state index contributed by atoms with van der Waals surface area (Å²) in [6.45, 7) is 6.32. The number of nitriles is 1. The highest BCUT2D eigenvalue weighted by molar-refractivity contribution is 7.92. The van der Waals surface area contributed by atoms with Crippen molar-refractivity contribution < 1.29 is 13.2 Å². The molecule has 3 heterocycles. The van der Waals surface area contributed by atoms with Crippen LogP contribution in [0.5, 0.6) is 0 Å². The standard InChI is InChI=1S/C22H26N6O4S/c1-22(2,3)33(30,31)17-6-4-15(5-7-17)25-20-19-18(8-10-24-21(19)29)28(26-20)27-11-13-32-12-9-16(27)14-23/h4-8,10,16H,9,11-13H2,1-3H3,(H,24,29)(H,25,26)/t16-/m1/s1. The lowest BCUT2D eigenvalue weighted by atomic mass is 10.2. The molecule has 11 heteroatoms. The second-order valence-electron chi connectivity index (χ2n) is 8.78. The molecule has 0 aliphatic carbocycles. The maximum absolute atomic E-state index is 12.7. The lowest BCUT2D eigenvalue weighted by Crippen LogP contribution is -2.44. The molecule has 2 aromatic heterocycles. The molecule has 3 aromatic rings. The van der Waals surface area contributed by atoms with Gasteiger partial charge in [0.15, 0.2) is 15.7 Å². The van der Waals surface area contributed by atoms with E-state index in [-0.39, 0.29) is 10.5 Å². The fourth-order valence-electron chi connectivity index (χ4n) is 3.67. The van der Waals surface area contributed by atoms with E-state index in [4.69, 9.17) is 4.74 Å². The van der Waals surface area contributed by atoms with Crippen molar-refractivity contribution in [1.29, 1.82) is 5.26 Å². The van der Waals surface area contributed by atoms with Gasteiger partial charge < -0.3 is 15.0 Å². The van der Waals surface area contributed by atoms with Gasteiger partial charge in [0, 0.05) is 24.9 Å². The summed E-state index contributed by atoms with van der Waals surface area (Å²) in [5.41, 5.74) is 0.803. The van der Waals surface area contributed by atoms with E-state index in [0.29, 0.717) is 48.6 Å². The average Bonchev–Trinajstić information content (AvgIpc) is 2.97. The molecule has 1 atom stereocenters. The van der Waals surface area contributed by atoms with Crippen LogP contribution in [-0.4, -0.2) is 53.8 Å². The Morgan fingerprint density at radius 1 is 1.21 bits per heavy atom. The first kappa shape index (κ1) is 22.8. The van der Waals surface area contributed by atoms with E-state index >= 15 is 0 Å². The third-order valence-electron chi connectivity index (χ3n) is 5.57. The Morgan fingerprint density at radius 3 is 2.61 bits per heavy atom. The van der Waals surface area contributed by atoms with E-state index in [1.165, 1.54) is 18.3 Å². The maximum Gasteiger partial charge on any atom is 0.261 e. The van der Waals surface area contributed by atoms with Gasteiger partial charge >= 0.3 is 0 Å². The number of nitrogens with zero attached hydrogens (tertiary/aromatic N) is 4. The predicted molar refractivity (Wildman–Crippen MR) is 125 cm³/mol.